The minimum atomic E-state index is -0.265. The molecule has 5 nitrogen and oxygen atoms in total. The van der Waals surface area contributed by atoms with Gasteiger partial charge in [0.1, 0.15) is 0 Å². The van der Waals surface area contributed by atoms with Crippen molar-refractivity contribution in [3.8, 4) is 73.6 Å². The molecular weight excluding hydrogens is 623 g/mol. The largest absolute Gasteiger partial charge is 0.256 e. The van der Waals surface area contributed by atoms with Crippen molar-refractivity contribution in [3.05, 3.63) is 168 Å². The fourth-order valence-electron chi connectivity index (χ4n) is 7.35. The predicted molar refractivity (Wildman–Crippen MR) is 205 cm³/mol. The summed E-state index contributed by atoms with van der Waals surface area (Å²) >= 11 is 0. The second-order valence-electron chi connectivity index (χ2n) is 13.5. The van der Waals surface area contributed by atoms with Crippen LogP contribution in [0.4, 0.5) is 0 Å². The Kier molecular flexibility index (Phi) is 7.12. The van der Waals surface area contributed by atoms with Gasteiger partial charge in [0, 0.05) is 33.7 Å². The molecule has 2 heterocycles. The second kappa shape index (κ2) is 12.0. The Hall–Kier alpha value is -6.77. The van der Waals surface area contributed by atoms with Crippen molar-refractivity contribution in [1.82, 2.24) is 19.9 Å². The number of benzene rings is 6. The number of nitrogens with zero attached hydrogens (tertiary/aromatic N) is 5. The van der Waals surface area contributed by atoms with E-state index in [9.17, 15) is 5.26 Å². The van der Waals surface area contributed by atoms with E-state index in [-0.39, 0.29) is 5.41 Å². The highest BCUT2D eigenvalue weighted by molar-refractivity contribution is 5.96. The summed E-state index contributed by atoms with van der Waals surface area (Å²) in [6.07, 6.45) is 1.87. The standard InChI is InChI=1S/C46H31N5/c1-46(2)40-23-29(28-47)17-19-37(40)38-20-18-32(27-41(38)46)33-24-34(36-21-22-48-42-16-10-9-15-39(36)42)26-35(25-33)45-50-43(30-11-5-3-6-12-30)49-44(51-45)31-13-7-4-8-14-31/h3-27H,1-2H3. The molecule has 0 spiro atoms. The summed E-state index contributed by atoms with van der Waals surface area (Å²) in [7, 11) is 0. The quantitative estimate of drug-likeness (QED) is 0.185. The number of fused-ring (bicyclic) bond motifs is 4. The van der Waals surface area contributed by atoms with E-state index in [2.05, 4.69) is 85.6 Å². The van der Waals surface area contributed by atoms with Crippen molar-refractivity contribution in [2.24, 2.45) is 0 Å². The molecule has 51 heavy (non-hydrogen) atoms. The molecule has 0 fully saturated rings. The van der Waals surface area contributed by atoms with Crippen molar-refractivity contribution >= 4 is 10.9 Å². The van der Waals surface area contributed by atoms with Gasteiger partial charge in [-0.05, 0) is 93.0 Å². The highest BCUT2D eigenvalue weighted by atomic mass is 15.0. The van der Waals surface area contributed by atoms with E-state index < -0.39 is 0 Å². The third-order valence-corrected chi connectivity index (χ3v) is 9.99. The lowest BCUT2D eigenvalue weighted by Crippen LogP contribution is -2.15. The molecule has 9 rings (SSSR count). The van der Waals surface area contributed by atoms with Crippen molar-refractivity contribution in [1.29, 1.82) is 5.26 Å². The van der Waals surface area contributed by atoms with Gasteiger partial charge in [-0.2, -0.15) is 5.26 Å². The van der Waals surface area contributed by atoms with Crippen LogP contribution >= 0.6 is 0 Å². The molecule has 240 valence electrons. The third kappa shape index (κ3) is 5.26. The van der Waals surface area contributed by atoms with Gasteiger partial charge < -0.3 is 0 Å². The fraction of sp³-hybridized carbons (Fsp3) is 0.0652. The molecule has 0 radical (unpaired) electrons. The Labute approximate surface area is 296 Å². The lowest BCUT2D eigenvalue weighted by molar-refractivity contribution is 0.660. The van der Waals surface area contributed by atoms with Crippen LogP contribution in [-0.4, -0.2) is 19.9 Å². The average molecular weight is 654 g/mol. The van der Waals surface area contributed by atoms with E-state index >= 15 is 0 Å². The molecule has 8 aromatic rings. The van der Waals surface area contributed by atoms with Gasteiger partial charge in [-0.3, -0.25) is 4.98 Å². The third-order valence-electron chi connectivity index (χ3n) is 9.99. The van der Waals surface area contributed by atoms with E-state index in [4.69, 9.17) is 15.0 Å². The van der Waals surface area contributed by atoms with Crippen LogP contribution in [0, 0.1) is 11.3 Å². The van der Waals surface area contributed by atoms with Gasteiger partial charge in [0.15, 0.2) is 17.5 Å². The molecule has 0 bridgehead atoms. The molecule has 0 saturated carbocycles. The highest BCUT2D eigenvalue weighted by Crippen LogP contribution is 2.50. The van der Waals surface area contributed by atoms with Crippen molar-refractivity contribution < 1.29 is 0 Å². The molecule has 0 atom stereocenters. The minimum absolute atomic E-state index is 0.265. The van der Waals surface area contributed by atoms with Crippen LogP contribution in [0.2, 0.25) is 0 Å². The monoisotopic (exact) mass is 653 g/mol. The molecule has 0 aliphatic heterocycles. The van der Waals surface area contributed by atoms with Crippen molar-refractivity contribution in [3.63, 3.8) is 0 Å². The first-order chi connectivity index (χ1) is 25.0. The van der Waals surface area contributed by atoms with Gasteiger partial charge in [-0.15, -0.1) is 0 Å². The maximum atomic E-state index is 9.65. The van der Waals surface area contributed by atoms with E-state index in [1.165, 1.54) is 22.3 Å². The summed E-state index contributed by atoms with van der Waals surface area (Å²) in [4.78, 5) is 19.8. The molecule has 1 aliphatic rings. The number of hydrogen-bond acceptors (Lipinski definition) is 5. The first-order valence-corrected chi connectivity index (χ1v) is 17.0. The molecule has 5 heteroatoms. The summed E-state index contributed by atoms with van der Waals surface area (Å²) in [5, 5.41) is 10.7. The minimum Gasteiger partial charge on any atom is -0.256 e. The predicted octanol–water partition coefficient (Wildman–Crippen LogP) is 10.9. The van der Waals surface area contributed by atoms with Gasteiger partial charge in [0.05, 0.1) is 17.1 Å². The van der Waals surface area contributed by atoms with Crippen LogP contribution in [0.5, 0.6) is 0 Å². The average Bonchev–Trinajstić information content (AvgIpc) is 3.42. The van der Waals surface area contributed by atoms with Crippen molar-refractivity contribution in [2.45, 2.75) is 19.3 Å². The lowest BCUT2D eigenvalue weighted by atomic mass is 9.81. The summed E-state index contributed by atoms with van der Waals surface area (Å²) in [5.74, 6) is 1.84. The maximum Gasteiger partial charge on any atom is 0.164 e. The molecule has 2 aromatic heterocycles. The van der Waals surface area contributed by atoms with Gasteiger partial charge in [-0.1, -0.05) is 111 Å². The second-order valence-corrected chi connectivity index (χ2v) is 13.5. The lowest BCUT2D eigenvalue weighted by Gasteiger charge is -2.22. The maximum absolute atomic E-state index is 9.65. The van der Waals surface area contributed by atoms with Gasteiger partial charge in [-0.25, -0.2) is 15.0 Å². The number of para-hydroxylation sites is 1. The van der Waals surface area contributed by atoms with Crippen LogP contribution in [0.3, 0.4) is 0 Å². The molecular formula is C46H31N5. The SMILES string of the molecule is CC1(C)c2cc(C#N)ccc2-c2ccc(-c3cc(-c4nc(-c5ccccc5)nc(-c5ccccc5)n4)cc(-c4ccnc5ccccc45)c3)cc21. The van der Waals surface area contributed by atoms with Crippen LogP contribution in [0.25, 0.3) is 78.4 Å². The first-order valence-electron chi connectivity index (χ1n) is 17.0. The molecule has 1 aliphatic carbocycles. The smallest absolute Gasteiger partial charge is 0.164 e. The van der Waals surface area contributed by atoms with E-state index in [0.29, 0.717) is 23.0 Å². The Morgan fingerprint density at radius 2 is 1.04 bits per heavy atom. The number of rotatable bonds is 5. The normalized spacial score (nSPS) is 12.6. The molecule has 6 aromatic carbocycles. The van der Waals surface area contributed by atoms with Gasteiger partial charge >= 0.3 is 0 Å². The zero-order chi connectivity index (χ0) is 34.5. The fourth-order valence-corrected chi connectivity index (χ4v) is 7.35. The Balaban J connectivity index is 1.27. The number of nitriles is 1. The van der Waals surface area contributed by atoms with Crippen molar-refractivity contribution in [2.75, 3.05) is 0 Å². The van der Waals surface area contributed by atoms with Crippen LogP contribution in [-0.2, 0) is 5.41 Å². The number of pyridine rings is 1. The molecule has 0 unspecified atom stereocenters. The zero-order valence-corrected chi connectivity index (χ0v) is 28.2. The zero-order valence-electron chi connectivity index (χ0n) is 28.2. The van der Waals surface area contributed by atoms with E-state index in [1.807, 2.05) is 91.1 Å². The topological polar surface area (TPSA) is 75.3 Å². The number of hydrogen-bond donors (Lipinski definition) is 0. The molecule has 0 N–H and O–H groups in total. The first kappa shape index (κ1) is 30.3. The summed E-state index contributed by atoms with van der Waals surface area (Å²) in [6.45, 7) is 4.49. The van der Waals surface area contributed by atoms with Crippen LogP contribution in [0.15, 0.2) is 152 Å². The Morgan fingerprint density at radius 3 is 1.73 bits per heavy atom. The van der Waals surface area contributed by atoms with Gasteiger partial charge in [0.25, 0.3) is 0 Å². The summed E-state index contributed by atoms with van der Waals surface area (Å²) in [5.41, 5.74) is 13.2. The molecule has 0 saturated heterocycles. The Morgan fingerprint density at radius 1 is 0.471 bits per heavy atom. The Bertz CT molecular complexity index is 2610. The van der Waals surface area contributed by atoms with E-state index in [0.717, 1.165) is 49.8 Å². The van der Waals surface area contributed by atoms with E-state index in [1.54, 1.807) is 0 Å². The van der Waals surface area contributed by atoms with Crippen LogP contribution < -0.4 is 0 Å². The summed E-state index contributed by atoms with van der Waals surface area (Å²) in [6, 6.07) is 52.2. The van der Waals surface area contributed by atoms with Crippen LogP contribution in [0.1, 0.15) is 30.5 Å². The molecule has 0 amide bonds. The highest BCUT2D eigenvalue weighted by Gasteiger charge is 2.36. The van der Waals surface area contributed by atoms with Gasteiger partial charge in [0.2, 0.25) is 0 Å². The summed E-state index contributed by atoms with van der Waals surface area (Å²) < 4.78 is 0. The number of aromatic nitrogens is 4.